The van der Waals surface area contributed by atoms with Gasteiger partial charge in [0.2, 0.25) is 0 Å². The second-order valence-corrected chi connectivity index (χ2v) is 2.15. The van der Waals surface area contributed by atoms with Crippen LogP contribution in [-0.2, 0) is 0 Å². The van der Waals surface area contributed by atoms with Crippen molar-refractivity contribution < 1.29 is 10.6 Å². The smallest absolute Gasteiger partial charge is 0.0605 e. The van der Waals surface area contributed by atoms with E-state index < -0.39 is 5.54 Å². The third kappa shape index (κ3) is 10.7. The summed E-state index contributed by atoms with van der Waals surface area (Å²) in [5.74, 6) is 0. The van der Waals surface area contributed by atoms with Crippen molar-refractivity contribution in [2.75, 3.05) is 6.61 Å². The van der Waals surface area contributed by atoms with Gasteiger partial charge < -0.3 is 16.3 Å². The largest absolute Gasteiger partial charge is 0.412 e. The van der Waals surface area contributed by atoms with Crippen molar-refractivity contribution in [2.24, 2.45) is 5.73 Å². The van der Waals surface area contributed by atoms with E-state index in [1.165, 1.54) is 0 Å². The minimum absolute atomic E-state index is 0. The highest BCUT2D eigenvalue weighted by molar-refractivity contribution is 4.67. The average molecular weight is 107 g/mol. The molecule has 7 heavy (non-hydrogen) atoms. The quantitative estimate of drug-likeness (QED) is 0.445. The van der Waals surface area contributed by atoms with Crippen LogP contribution in [0.3, 0.4) is 0 Å². The molecule has 0 aromatic carbocycles. The molecule has 0 aromatic heterocycles. The monoisotopic (exact) mass is 107 g/mol. The van der Waals surface area contributed by atoms with Crippen LogP contribution in [0, 0.1) is 0 Å². The standard InChI is InChI=1S/C4H11NO.H2O/c1-4(2,5)3-6;/h6H,3,5H2,1-2H3;1H2. The molecule has 0 rings (SSSR count). The molecule has 0 atom stereocenters. The highest BCUT2D eigenvalue weighted by Gasteiger charge is 2.05. The minimum Gasteiger partial charge on any atom is -0.412 e. The van der Waals surface area contributed by atoms with Crippen LogP contribution in [0.2, 0.25) is 0 Å². The van der Waals surface area contributed by atoms with E-state index in [1.54, 1.807) is 13.8 Å². The van der Waals surface area contributed by atoms with E-state index in [0.29, 0.717) is 0 Å². The summed E-state index contributed by atoms with van der Waals surface area (Å²) in [7, 11) is 0. The van der Waals surface area contributed by atoms with Gasteiger partial charge >= 0.3 is 0 Å². The number of rotatable bonds is 1. The first-order chi connectivity index (χ1) is 2.56. The van der Waals surface area contributed by atoms with Crippen molar-refractivity contribution in [3.8, 4) is 0 Å². The zero-order valence-electron chi connectivity index (χ0n) is 4.73. The van der Waals surface area contributed by atoms with E-state index >= 15 is 0 Å². The summed E-state index contributed by atoms with van der Waals surface area (Å²) in [5.41, 5.74) is 4.88. The van der Waals surface area contributed by atoms with Gasteiger partial charge in [-0.2, -0.15) is 0 Å². The molecule has 0 fully saturated rings. The summed E-state index contributed by atoms with van der Waals surface area (Å²) < 4.78 is 0. The van der Waals surface area contributed by atoms with E-state index in [-0.39, 0.29) is 12.1 Å². The second kappa shape index (κ2) is 2.96. The molecule has 0 spiro atoms. The maximum Gasteiger partial charge on any atom is 0.0605 e. The van der Waals surface area contributed by atoms with Gasteiger partial charge in [-0.15, -0.1) is 0 Å². The first-order valence-corrected chi connectivity index (χ1v) is 1.96. The van der Waals surface area contributed by atoms with Crippen LogP contribution >= 0.6 is 0 Å². The first-order valence-electron chi connectivity index (χ1n) is 1.96. The number of hydrogen-bond acceptors (Lipinski definition) is 2. The average Bonchev–Trinajstić information content (AvgIpc) is 1.35. The molecule has 5 N–H and O–H groups in total. The molecule has 0 heterocycles. The van der Waals surface area contributed by atoms with Crippen molar-refractivity contribution in [2.45, 2.75) is 19.4 Å². The van der Waals surface area contributed by atoms with Crippen LogP contribution in [0.25, 0.3) is 0 Å². The lowest BCUT2D eigenvalue weighted by molar-refractivity contribution is 0.221. The van der Waals surface area contributed by atoms with E-state index in [2.05, 4.69) is 0 Å². The van der Waals surface area contributed by atoms with Crippen LogP contribution in [0.15, 0.2) is 0 Å². The van der Waals surface area contributed by atoms with Gasteiger partial charge in [-0.1, -0.05) is 0 Å². The predicted octanol–water partition coefficient (Wildman–Crippen LogP) is -1.11. The van der Waals surface area contributed by atoms with Crippen molar-refractivity contribution in [3.05, 3.63) is 0 Å². The van der Waals surface area contributed by atoms with Crippen LogP contribution in [0.4, 0.5) is 0 Å². The SMILES string of the molecule is CC(C)(N)CO.O. The van der Waals surface area contributed by atoms with Crippen LogP contribution in [0.5, 0.6) is 0 Å². The molecule has 0 aliphatic carbocycles. The number of hydrogen-bond donors (Lipinski definition) is 2. The summed E-state index contributed by atoms with van der Waals surface area (Å²) >= 11 is 0. The Balaban J connectivity index is 0. The highest BCUT2D eigenvalue weighted by Crippen LogP contribution is 1.89. The third-order valence-corrected chi connectivity index (χ3v) is 0.408. The zero-order chi connectivity index (χ0) is 5.21. The Morgan fingerprint density at radius 2 is 1.71 bits per heavy atom. The molecule has 0 unspecified atom stereocenters. The fraction of sp³-hybridized carbons (Fsp3) is 1.00. The van der Waals surface area contributed by atoms with Gasteiger partial charge in [-0.3, -0.25) is 0 Å². The molecule has 0 aliphatic heterocycles. The van der Waals surface area contributed by atoms with Gasteiger partial charge in [-0.05, 0) is 13.8 Å². The van der Waals surface area contributed by atoms with E-state index in [9.17, 15) is 0 Å². The molecule has 0 radical (unpaired) electrons. The first kappa shape index (κ1) is 9.99. The maximum atomic E-state index is 8.28. The van der Waals surface area contributed by atoms with Gasteiger partial charge in [0.1, 0.15) is 0 Å². The number of nitrogens with two attached hydrogens (primary N) is 1. The fourth-order valence-corrected chi connectivity index (χ4v) is 0. The summed E-state index contributed by atoms with van der Waals surface area (Å²) in [5, 5.41) is 8.28. The summed E-state index contributed by atoms with van der Waals surface area (Å²) in [6.45, 7) is 3.59. The summed E-state index contributed by atoms with van der Waals surface area (Å²) in [6.07, 6.45) is 0. The Hall–Kier alpha value is -0.120. The third-order valence-electron chi connectivity index (χ3n) is 0.408. The van der Waals surface area contributed by atoms with Crippen molar-refractivity contribution in [1.82, 2.24) is 0 Å². The molecule has 0 saturated heterocycles. The fourth-order valence-electron chi connectivity index (χ4n) is 0. The molecule has 46 valence electrons. The van der Waals surface area contributed by atoms with E-state index in [4.69, 9.17) is 10.8 Å². The second-order valence-electron chi connectivity index (χ2n) is 2.15. The van der Waals surface area contributed by atoms with E-state index in [0.717, 1.165) is 0 Å². The minimum atomic E-state index is -0.403. The topological polar surface area (TPSA) is 77.8 Å². The lowest BCUT2D eigenvalue weighted by atomic mass is 10.1. The maximum absolute atomic E-state index is 8.28. The lowest BCUT2D eigenvalue weighted by Gasteiger charge is -2.12. The zero-order valence-corrected chi connectivity index (χ0v) is 4.73. The Morgan fingerprint density at radius 3 is 1.71 bits per heavy atom. The molecule has 0 bridgehead atoms. The predicted molar refractivity (Wildman–Crippen MR) is 29.0 cm³/mol. The molecule has 0 amide bonds. The van der Waals surface area contributed by atoms with Gasteiger partial charge in [0.15, 0.2) is 0 Å². The van der Waals surface area contributed by atoms with Gasteiger partial charge in [0, 0.05) is 5.54 Å². The lowest BCUT2D eigenvalue weighted by Crippen LogP contribution is -2.35. The van der Waals surface area contributed by atoms with Crippen LogP contribution < -0.4 is 5.73 Å². The van der Waals surface area contributed by atoms with E-state index in [1.807, 2.05) is 0 Å². The van der Waals surface area contributed by atoms with Crippen LogP contribution in [0.1, 0.15) is 13.8 Å². The Kier molecular flexibility index (Phi) is 4.22. The Morgan fingerprint density at radius 1 is 1.57 bits per heavy atom. The normalized spacial score (nSPS) is 10.3. The van der Waals surface area contributed by atoms with Crippen molar-refractivity contribution >= 4 is 0 Å². The number of aliphatic hydroxyl groups excluding tert-OH is 1. The number of aliphatic hydroxyl groups is 1. The van der Waals surface area contributed by atoms with Crippen molar-refractivity contribution in [3.63, 3.8) is 0 Å². The Bertz CT molecular complexity index is 39.4. The highest BCUT2D eigenvalue weighted by atomic mass is 16.3. The molecule has 3 nitrogen and oxygen atoms in total. The van der Waals surface area contributed by atoms with Gasteiger partial charge in [0.25, 0.3) is 0 Å². The molecule has 0 saturated carbocycles. The molecule has 0 aliphatic rings. The molecular formula is C4H13NO2. The summed E-state index contributed by atoms with van der Waals surface area (Å²) in [4.78, 5) is 0. The summed E-state index contributed by atoms with van der Waals surface area (Å²) in [6, 6.07) is 0. The molecular weight excluding hydrogens is 94.0 g/mol. The van der Waals surface area contributed by atoms with Gasteiger partial charge in [-0.25, -0.2) is 0 Å². The Labute approximate surface area is 43.4 Å². The van der Waals surface area contributed by atoms with Gasteiger partial charge in [0.05, 0.1) is 6.61 Å². The molecule has 3 heteroatoms. The van der Waals surface area contributed by atoms with Crippen LogP contribution in [-0.4, -0.2) is 22.7 Å². The molecule has 0 aromatic rings. The van der Waals surface area contributed by atoms with Crippen molar-refractivity contribution in [1.29, 1.82) is 0 Å².